The van der Waals surface area contributed by atoms with Crippen LogP contribution in [0.1, 0.15) is 26.3 Å². The fraction of sp³-hybridized carbons (Fsp3) is 0.467. The second-order valence-corrected chi connectivity index (χ2v) is 4.65. The predicted molar refractivity (Wildman–Crippen MR) is 73.6 cm³/mol. The lowest BCUT2D eigenvalue weighted by molar-refractivity contribution is -0.143. The van der Waals surface area contributed by atoms with E-state index in [1.54, 1.807) is 31.2 Å². The van der Waals surface area contributed by atoms with E-state index in [-0.39, 0.29) is 24.9 Å². The molecule has 0 unspecified atom stereocenters. The van der Waals surface area contributed by atoms with Gasteiger partial charge in [-0.05, 0) is 18.9 Å². The van der Waals surface area contributed by atoms with Crippen molar-refractivity contribution in [2.24, 2.45) is 5.92 Å². The molecule has 1 rings (SSSR count). The molecule has 0 fully saturated rings. The van der Waals surface area contributed by atoms with E-state index in [1.807, 2.05) is 13.8 Å². The molecule has 0 atom stereocenters. The first-order valence-electron chi connectivity index (χ1n) is 6.61. The maximum Gasteiger partial charge on any atom is 0.513 e. The van der Waals surface area contributed by atoms with Gasteiger partial charge in [0.15, 0.2) is 0 Å². The van der Waals surface area contributed by atoms with Crippen LogP contribution < -0.4 is 4.74 Å². The Morgan fingerprint density at radius 2 is 1.85 bits per heavy atom. The lowest BCUT2D eigenvalue weighted by Crippen LogP contribution is -2.15. The molecular weight excluding hydrogens is 260 g/mol. The quantitative estimate of drug-likeness (QED) is 0.592. The summed E-state index contributed by atoms with van der Waals surface area (Å²) in [7, 11) is 0. The first-order valence-corrected chi connectivity index (χ1v) is 6.61. The molecule has 0 saturated heterocycles. The molecule has 0 aliphatic rings. The van der Waals surface area contributed by atoms with Crippen molar-refractivity contribution in [2.75, 3.05) is 13.2 Å². The van der Waals surface area contributed by atoms with Crippen LogP contribution in [-0.2, 0) is 20.7 Å². The van der Waals surface area contributed by atoms with E-state index in [9.17, 15) is 9.59 Å². The highest BCUT2D eigenvalue weighted by molar-refractivity contribution is 5.74. The average molecular weight is 280 g/mol. The van der Waals surface area contributed by atoms with E-state index in [1.165, 1.54) is 0 Å². The third kappa shape index (κ3) is 5.73. The van der Waals surface area contributed by atoms with E-state index in [2.05, 4.69) is 0 Å². The third-order valence-corrected chi connectivity index (χ3v) is 2.34. The van der Waals surface area contributed by atoms with Crippen molar-refractivity contribution in [1.29, 1.82) is 0 Å². The Kier molecular flexibility index (Phi) is 6.56. The largest absolute Gasteiger partial charge is 0.513 e. The predicted octanol–water partition coefficient (Wildman–Crippen LogP) is 2.96. The molecule has 1 aromatic carbocycles. The van der Waals surface area contributed by atoms with Crippen molar-refractivity contribution < 1.29 is 23.8 Å². The minimum absolute atomic E-state index is 0.0578. The summed E-state index contributed by atoms with van der Waals surface area (Å²) in [6.07, 6.45) is -0.724. The van der Waals surface area contributed by atoms with E-state index in [0.29, 0.717) is 17.9 Å². The molecule has 0 spiro atoms. The van der Waals surface area contributed by atoms with Crippen molar-refractivity contribution in [2.45, 2.75) is 27.2 Å². The van der Waals surface area contributed by atoms with E-state index in [4.69, 9.17) is 14.2 Å². The topological polar surface area (TPSA) is 61.8 Å². The molecule has 0 saturated carbocycles. The zero-order valence-corrected chi connectivity index (χ0v) is 12.0. The molecule has 0 amide bonds. The van der Waals surface area contributed by atoms with Gasteiger partial charge in [0.05, 0.1) is 19.6 Å². The van der Waals surface area contributed by atoms with E-state index < -0.39 is 6.16 Å². The molecule has 5 nitrogen and oxygen atoms in total. The molecule has 110 valence electrons. The Morgan fingerprint density at radius 3 is 2.50 bits per heavy atom. The summed E-state index contributed by atoms with van der Waals surface area (Å²) in [5.41, 5.74) is 0.592. The van der Waals surface area contributed by atoms with Gasteiger partial charge in [-0.3, -0.25) is 4.79 Å². The monoisotopic (exact) mass is 280 g/mol. The number of rotatable bonds is 6. The summed E-state index contributed by atoms with van der Waals surface area (Å²) in [6.45, 7) is 6.23. The lowest BCUT2D eigenvalue weighted by Gasteiger charge is -2.10. The second kappa shape index (κ2) is 8.19. The van der Waals surface area contributed by atoms with Crippen LogP contribution in [-0.4, -0.2) is 25.3 Å². The van der Waals surface area contributed by atoms with Crippen LogP contribution in [0.5, 0.6) is 5.75 Å². The van der Waals surface area contributed by atoms with Crippen LogP contribution in [0, 0.1) is 5.92 Å². The van der Waals surface area contributed by atoms with Gasteiger partial charge in [0.25, 0.3) is 0 Å². The highest BCUT2D eigenvalue weighted by Crippen LogP contribution is 2.19. The molecule has 5 heteroatoms. The molecule has 0 heterocycles. The van der Waals surface area contributed by atoms with Crippen molar-refractivity contribution >= 4 is 12.1 Å². The SMILES string of the molecule is CCOC(=O)Oc1ccccc1CC(=O)OCC(C)C. The Bertz CT molecular complexity index is 453. The van der Waals surface area contributed by atoms with Crippen molar-refractivity contribution in [1.82, 2.24) is 0 Å². The summed E-state index contributed by atoms with van der Waals surface area (Å²) < 4.78 is 14.9. The van der Waals surface area contributed by atoms with Gasteiger partial charge in [-0.1, -0.05) is 32.0 Å². The molecule has 0 bridgehead atoms. The van der Waals surface area contributed by atoms with Gasteiger partial charge in [-0.2, -0.15) is 0 Å². The number of carbonyl (C=O) groups is 2. The first-order chi connectivity index (χ1) is 9.52. The number of esters is 1. The summed E-state index contributed by atoms with van der Waals surface area (Å²) in [6, 6.07) is 6.81. The van der Waals surface area contributed by atoms with Crippen LogP contribution in [0.3, 0.4) is 0 Å². The summed E-state index contributed by atoms with van der Waals surface area (Å²) in [5.74, 6) is 0.246. The molecule has 0 aliphatic carbocycles. The van der Waals surface area contributed by atoms with Crippen LogP contribution in [0.2, 0.25) is 0 Å². The van der Waals surface area contributed by atoms with Gasteiger partial charge < -0.3 is 14.2 Å². The van der Waals surface area contributed by atoms with Gasteiger partial charge in [0, 0.05) is 5.56 Å². The fourth-order valence-corrected chi connectivity index (χ4v) is 1.45. The molecule has 0 N–H and O–H groups in total. The molecule has 1 aromatic rings. The van der Waals surface area contributed by atoms with Crippen molar-refractivity contribution in [3.8, 4) is 5.75 Å². The van der Waals surface area contributed by atoms with Crippen LogP contribution >= 0.6 is 0 Å². The van der Waals surface area contributed by atoms with Gasteiger partial charge in [-0.15, -0.1) is 0 Å². The minimum atomic E-state index is -0.782. The van der Waals surface area contributed by atoms with Crippen LogP contribution in [0.15, 0.2) is 24.3 Å². The zero-order chi connectivity index (χ0) is 15.0. The third-order valence-electron chi connectivity index (χ3n) is 2.34. The number of para-hydroxylation sites is 1. The molecule has 0 aliphatic heterocycles. The normalized spacial score (nSPS) is 10.2. The Hall–Kier alpha value is -2.04. The fourth-order valence-electron chi connectivity index (χ4n) is 1.45. The maximum atomic E-state index is 11.7. The standard InChI is InChI=1S/C15H20O5/c1-4-18-15(17)20-13-8-6-5-7-12(13)9-14(16)19-10-11(2)3/h5-8,11H,4,9-10H2,1-3H3. The average Bonchev–Trinajstić information content (AvgIpc) is 2.39. The zero-order valence-electron chi connectivity index (χ0n) is 12.0. The summed E-state index contributed by atoms with van der Waals surface area (Å²) in [5, 5.41) is 0. The summed E-state index contributed by atoms with van der Waals surface area (Å²) >= 11 is 0. The number of benzene rings is 1. The van der Waals surface area contributed by atoms with E-state index >= 15 is 0 Å². The van der Waals surface area contributed by atoms with Crippen LogP contribution in [0.25, 0.3) is 0 Å². The number of carbonyl (C=O) groups excluding carboxylic acids is 2. The first kappa shape index (κ1) is 16.0. The van der Waals surface area contributed by atoms with Crippen molar-refractivity contribution in [3.63, 3.8) is 0 Å². The maximum absolute atomic E-state index is 11.7. The highest BCUT2D eigenvalue weighted by Gasteiger charge is 2.13. The van der Waals surface area contributed by atoms with E-state index in [0.717, 1.165) is 0 Å². The van der Waals surface area contributed by atoms with Crippen molar-refractivity contribution in [3.05, 3.63) is 29.8 Å². The minimum Gasteiger partial charge on any atom is -0.465 e. The summed E-state index contributed by atoms with van der Waals surface area (Å²) in [4.78, 5) is 23.0. The Labute approximate surface area is 118 Å². The Balaban J connectivity index is 2.65. The van der Waals surface area contributed by atoms with Gasteiger partial charge >= 0.3 is 12.1 Å². The second-order valence-electron chi connectivity index (χ2n) is 4.65. The number of hydrogen-bond acceptors (Lipinski definition) is 5. The molecule has 0 aromatic heterocycles. The highest BCUT2D eigenvalue weighted by atomic mass is 16.7. The van der Waals surface area contributed by atoms with Gasteiger partial charge in [-0.25, -0.2) is 4.79 Å². The van der Waals surface area contributed by atoms with Gasteiger partial charge in [0.1, 0.15) is 5.75 Å². The number of hydrogen-bond donors (Lipinski definition) is 0. The molecule has 0 radical (unpaired) electrons. The smallest absolute Gasteiger partial charge is 0.465 e. The number of ether oxygens (including phenoxy) is 3. The van der Waals surface area contributed by atoms with Gasteiger partial charge in [0.2, 0.25) is 0 Å². The Morgan fingerprint density at radius 1 is 1.15 bits per heavy atom. The van der Waals surface area contributed by atoms with Crippen LogP contribution in [0.4, 0.5) is 4.79 Å². The molecule has 20 heavy (non-hydrogen) atoms. The molecular formula is C15H20O5. The lowest BCUT2D eigenvalue weighted by atomic mass is 10.1.